The van der Waals surface area contributed by atoms with E-state index in [0.29, 0.717) is 12.3 Å². The van der Waals surface area contributed by atoms with Crippen LogP contribution in [0.1, 0.15) is 60.6 Å². The number of hydrogen-bond acceptors (Lipinski definition) is 3. The van der Waals surface area contributed by atoms with Crippen LogP contribution in [0, 0.1) is 12.8 Å². The van der Waals surface area contributed by atoms with Crippen LogP contribution in [0.2, 0.25) is 0 Å². The van der Waals surface area contributed by atoms with Gasteiger partial charge in [-0.2, -0.15) is 0 Å². The van der Waals surface area contributed by atoms with Gasteiger partial charge in [0.25, 0.3) is 0 Å². The Morgan fingerprint density at radius 3 is 2.75 bits per heavy atom. The minimum atomic E-state index is 0.272. The summed E-state index contributed by atoms with van der Waals surface area (Å²) in [6.45, 7) is 6.31. The standard InChI is InChI=1S/C13H21NOS/c1-4-6-7-11(5-2)8-12(15)13-9-14-10(3)16-13/h9,11H,4-8H2,1-3H3. The highest BCUT2D eigenvalue weighted by atomic mass is 32.1. The molecule has 1 aromatic heterocycles. The highest BCUT2D eigenvalue weighted by Crippen LogP contribution is 2.21. The van der Waals surface area contributed by atoms with Crippen molar-refractivity contribution in [3.05, 3.63) is 16.1 Å². The molecule has 0 bridgehead atoms. The molecule has 1 heterocycles. The van der Waals surface area contributed by atoms with Crippen LogP contribution in [-0.2, 0) is 0 Å². The van der Waals surface area contributed by atoms with Gasteiger partial charge in [0, 0.05) is 12.6 Å². The molecule has 2 nitrogen and oxygen atoms in total. The quantitative estimate of drug-likeness (QED) is 0.666. The lowest BCUT2D eigenvalue weighted by Gasteiger charge is -2.12. The highest BCUT2D eigenvalue weighted by molar-refractivity contribution is 7.13. The summed E-state index contributed by atoms with van der Waals surface area (Å²) in [5.74, 6) is 0.823. The predicted octanol–water partition coefficient (Wildman–Crippen LogP) is 4.24. The first kappa shape index (κ1) is 13.4. The number of hydrogen-bond donors (Lipinski definition) is 0. The smallest absolute Gasteiger partial charge is 0.174 e. The van der Waals surface area contributed by atoms with E-state index in [2.05, 4.69) is 18.8 Å². The van der Waals surface area contributed by atoms with Gasteiger partial charge in [-0.1, -0.05) is 39.5 Å². The van der Waals surface area contributed by atoms with Gasteiger partial charge >= 0.3 is 0 Å². The van der Waals surface area contributed by atoms with E-state index in [9.17, 15) is 4.79 Å². The van der Waals surface area contributed by atoms with E-state index in [1.165, 1.54) is 30.6 Å². The molecule has 1 atom stereocenters. The Kier molecular flexibility index (Phi) is 5.67. The van der Waals surface area contributed by atoms with E-state index in [0.717, 1.165) is 16.3 Å². The van der Waals surface area contributed by atoms with Crippen molar-refractivity contribution in [2.45, 2.75) is 52.9 Å². The molecule has 16 heavy (non-hydrogen) atoms. The van der Waals surface area contributed by atoms with Crippen molar-refractivity contribution in [1.29, 1.82) is 0 Å². The molecule has 90 valence electrons. The number of unbranched alkanes of at least 4 members (excludes halogenated alkanes) is 1. The number of ketones is 1. The van der Waals surface area contributed by atoms with Crippen molar-refractivity contribution in [3.63, 3.8) is 0 Å². The van der Waals surface area contributed by atoms with Crippen LogP contribution in [0.25, 0.3) is 0 Å². The molecule has 0 aliphatic heterocycles. The van der Waals surface area contributed by atoms with Gasteiger partial charge in [-0.05, 0) is 12.8 Å². The molecule has 1 unspecified atom stereocenters. The van der Waals surface area contributed by atoms with E-state index in [1.54, 1.807) is 6.20 Å². The minimum absolute atomic E-state index is 0.272. The van der Waals surface area contributed by atoms with Crippen LogP contribution in [0.5, 0.6) is 0 Å². The first-order valence-corrected chi connectivity index (χ1v) is 6.94. The molecule has 3 heteroatoms. The highest BCUT2D eigenvalue weighted by Gasteiger charge is 2.15. The molecule has 0 saturated heterocycles. The molecule has 0 fully saturated rings. The van der Waals surface area contributed by atoms with Crippen molar-refractivity contribution < 1.29 is 4.79 Å². The topological polar surface area (TPSA) is 30.0 Å². The number of carbonyl (C=O) groups excluding carboxylic acids is 1. The van der Waals surface area contributed by atoms with Crippen LogP contribution in [0.4, 0.5) is 0 Å². The molecule has 0 spiro atoms. The summed E-state index contributed by atoms with van der Waals surface area (Å²) in [7, 11) is 0. The monoisotopic (exact) mass is 239 g/mol. The average molecular weight is 239 g/mol. The van der Waals surface area contributed by atoms with Gasteiger partial charge in [-0.25, -0.2) is 4.98 Å². The van der Waals surface area contributed by atoms with Crippen LogP contribution in [-0.4, -0.2) is 10.8 Å². The number of rotatable bonds is 7. The fraction of sp³-hybridized carbons (Fsp3) is 0.692. The van der Waals surface area contributed by atoms with Crippen LogP contribution in [0.3, 0.4) is 0 Å². The molecule has 0 amide bonds. The van der Waals surface area contributed by atoms with Gasteiger partial charge in [0.1, 0.15) is 0 Å². The van der Waals surface area contributed by atoms with Crippen molar-refractivity contribution in [2.24, 2.45) is 5.92 Å². The number of thiazole rings is 1. The molecular formula is C13H21NOS. The van der Waals surface area contributed by atoms with Gasteiger partial charge in [-0.15, -0.1) is 11.3 Å². The second kappa shape index (κ2) is 6.79. The summed E-state index contributed by atoms with van der Waals surface area (Å²) in [6.07, 6.45) is 7.13. The van der Waals surface area contributed by atoms with Crippen LogP contribution < -0.4 is 0 Å². The molecule has 1 aromatic rings. The normalized spacial score (nSPS) is 12.7. The fourth-order valence-electron chi connectivity index (χ4n) is 1.80. The second-order valence-corrected chi connectivity index (χ2v) is 5.52. The lowest BCUT2D eigenvalue weighted by Crippen LogP contribution is -2.07. The lowest BCUT2D eigenvalue weighted by molar-refractivity contribution is 0.0961. The molecule has 0 aromatic carbocycles. The molecule has 0 aliphatic carbocycles. The first-order chi connectivity index (χ1) is 7.67. The average Bonchev–Trinajstić information content (AvgIpc) is 2.70. The van der Waals surface area contributed by atoms with Crippen LogP contribution >= 0.6 is 11.3 Å². The summed E-state index contributed by atoms with van der Waals surface area (Å²) in [4.78, 5) is 16.9. The summed E-state index contributed by atoms with van der Waals surface area (Å²) in [5, 5.41) is 0.977. The molecule has 0 radical (unpaired) electrons. The molecule has 1 rings (SSSR count). The van der Waals surface area contributed by atoms with E-state index in [1.807, 2.05) is 6.92 Å². The Labute approximate surface area is 102 Å². The third-order valence-electron chi connectivity index (χ3n) is 2.91. The van der Waals surface area contributed by atoms with Crippen LogP contribution in [0.15, 0.2) is 6.20 Å². The molecule has 0 aliphatic rings. The molecule has 0 N–H and O–H groups in total. The minimum Gasteiger partial charge on any atom is -0.293 e. The fourth-order valence-corrected chi connectivity index (χ4v) is 2.52. The lowest BCUT2D eigenvalue weighted by atomic mass is 9.93. The Morgan fingerprint density at radius 1 is 1.50 bits per heavy atom. The maximum Gasteiger partial charge on any atom is 0.174 e. The predicted molar refractivity (Wildman–Crippen MR) is 69.1 cm³/mol. The second-order valence-electron chi connectivity index (χ2n) is 4.29. The maximum absolute atomic E-state index is 12.0. The third kappa shape index (κ3) is 4.05. The Morgan fingerprint density at radius 2 is 2.25 bits per heavy atom. The van der Waals surface area contributed by atoms with Gasteiger partial charge < -0.3 is 0 Å². The first-order valence-electron chi connectivity index (χ1n) is 6.13. The zero-order valence-electron chi connectivity index (χ0n) is 10.5. The van der Waals surface area contributed by atoms with E-state index >= 15 is 0 Å². The van der Waals surface area contributed by atoms with E-state index in [4.69, 9.17) is 0 Å². The number of aryl methyl sites for hydroxylation is 1. The van der Waals surface area contributed by atoms with E-state index < -0.39 is 0 Å². The van der Waals surface area contributed by atoms with Gasteiger partial charge in [-0.3, -0.25) is 4.79 Å². The SMILES string of the molecule is CCCCC(CC)CC(=O)c1cnc(C)s1. The summed E-state index contributed by atoms with van der Waals surface area (Å²) >= 11 is 1.51. The Balaban J connectivity index is 2.48. The largest absolute Gasteiger partial charge is 0.293 e. The molecular weight excluding hydrogens is 218 g/mol. The zero-order chi connectivity index (χ0) is 12.0. The number of carbonyl (C=O) groups is 1. The number of Topliss-reactive ketones (excluding diaryl/α,β-unsaturated/α-hetero) is 1. The maximum atomic E-state index is 12.0. The number of aromatic nitrogens is 1. The van der Waals surface area contributed by atoms with E-state index in [-0.39, 0.29) is 5.78 Å². The molecule has 0 saturated carbocycles. The van der Waals surface area contributed by atoms with Crippen molar-refractivity contribution in [1.82, 2.24) is 4.98 Å². The Bertz CT molecular complexity index is 332. The van der Waals surface area contributed by atoms with Crippen molar-refractivity contribution >= 4 is 17.1 Å². The van der Waals surface area contributed by atoms with Crippen molar-refractivity contribution in [2.75, 3.05) is 0 Å². The van der Waals surface area contributed by atoms with Gasteiger partial charge in [0.2, 0.25) is 0 Å². The Hall–Kier alpha value is -0.700. The summed E-state index contributed by atoms with van der Waals surface area (Å²) < 4.78 is 0. The summed E-state index contributed by atoms with van der Waals surface area (Å²) in [6, 6.07) is 0. The third-order valence-corrected chi connectivity index (χ3v) is 3.87. The summed E-state index contributed by atoms with van der Waals surface area (Å²) in [5.41, 5.74) is 0. The van der Waals surface area contributed by atoms with Gasteiger partial charge in [0.05, 0.1) is 9.88 Å². The van der Waals surface area contributed by atoms with Crippen molar-refractivity contribution in [3.8, 4) is 0 Å². The zero-order valence-corrected chi connectivity index (χ0v) is 11.3. The number of nitrogens with zero attached hydrogens (tertiary/aromatic N) is 1. The van der Waals surface area contributed by atoms with Gasteiger partial charge in [0.15, 0.2) is 5.78 Å².